The summed E-state index contributed by atoms with van der Waals surface area (Å²) >= 11 is 12.1. The zero-order valence-corrected chi connectivity index (χ0v) is 13.1. The van der Waals surface area contributed by atoms with Crippen LogP contribution in [0.25, 0.3) is 0 Å². The highest BCUT2D eigenvalue weighted by Gasteiger charge is 2.47. The highest BCUT2D eigenvalue weighted by atomic mass is 35.5. The smallest absolute Gasteiger partial charge is 0.264 e. The van der Waals surface area contributed by atoms with Gasteiger partial charge in [0.2, 0.25) is 11.8 Å². The number of nitrogens with one attached hydrogen (secondary N) is 1. The average molecular weight is 362 g/mol. The van der Waals surface area contributed by atoms with Crippen molar-refractivity contribution in [2.24, 2.45) is 0 Å². The van der Waals surface area contributed by atoms with Crippen LogP contribution >= 0.6 is 23.2 Å². The van der Waals surface area contributed by atoms with Crippen molar-refractivity contribution in [1.29, 1.82) is 0 Å². The largest absolute Gasteiger partial charge is 0.434 e. The van der Waals surface area contributed by atoms with Crippen LogP contribution in [0.15, 0.2) is 23.0 Å². The average Bonchev–Trinajstić information content (AvgIpc) is 2.41. The van der Waals surface area contributed by atoms with E-state index < -0.39 is 17.4 Å². The molecule has 1 saturated carbocycles. The van der Waals surface area contributed by atoms with Gasteiger partial charge in [-0.1, -0.05) is 23.2 Å². The second-order valence-electron chi connectivity index (χ2n) is 5.37. The molecule has 122 valence electrons. The van der Waals surface area contributed by atoms with E-state index in [1.165, 1.54) is 18.2 Å². The van der Waals surface area contributed by atoms with Gasteiger partial charge in [-0.3, -0.25) is 4.79 Å². The maximum Gasteiger partial charge on any atom is 0.264 e. The number of halogens is 4. The Morgan fingerprint density at radius 3 is 2.43 bits per heavy atom. The molecule has 0 radical (unpaired) electrons. The van der Waals surface area contributed by atoms with Gasteiger partial charge in [0.05, 0.1) is 10.0 Å². The summed E-state index contributed by atoms with van der Waals surface area (Å²) in [6.07, 6.45) is -0.727. The maximum absolute atomic E-state index is 13.1. The van der Waals surface area contributed by atoms with Crippen molar-refractivity contribution in [3.05, 3.63) is 44.2 Å². The molecule has 1 fully saturated rings. The van der Waals surface area contributed by atoms with Gasteiger partial charge in [-0.25, -0.2) is 13.9 Å². The van der Waals surface area contributed by atoms with Crippen molar-refractivity contribution < 1.29 is 13.5 Å². The van der Waals surface area contributed by atoms with Crippen molar-refractivity contribution in [2.75, 3.05) is 5.73 Å². The summed E-state index contributed by atoms with van der Waals surface area (Å²) in [5.41, 5.74) is 5.75. The van der Waals surface area contributed by atoms with E-state index in [-0.39, 0.29) is 34.5 Å². The van der Waals surface area contributed by atoms with Gasteiger partial charge in [-0.15, -0.1) is 5.10 Å². The standard InChI is InChI=1S/C14H11Cl2F2N3O2/c15-9-1-7(19)2-10(16)12(9)23-13-8(3-11(22)20-21-13)6-4-14(17,18)5-6/h1-3,6H,4-5,19H2,(H,20,22). The lowest BCUT2D eigenvalue weighted by molar-refractivity contribution is -0.0871. The molecule has 0 unspecified atom stereocenters. The Hall–Kier alpha value is -1.86. The van der Waals surface area contributed by atoms with Gasteiger partial charge in [0.1, 0.15) is 0 Å². The van der Waals surface area contributed by atoms with Gasteiger partial charge in [0.25, 0.3) is 5.56 Å². The lowest BCUT2D eigenvalue weighted by Crippen LogP contribution is -2.34. The third-order valence-electron chi connectivity index (χ3n) is 3.55. The number of rotatable bonds is 3. The molecule has 3 N–H and O–H groups in total. The van der Waals surface area contributed by atoms with Crippen molar-refractivity contribution in [1.82, 2.24) is 10.2 Å². The Morgan fingerprint density at radius 2 is 1.87 bits per heavy atom. The number of alkyl halides is 2. The predicted molar refractivity (Wildman–Crippen MR) is 82.7 cm³/mol. The molecule has 0 atom stereocenters. The van der Waals surface area contributed by atoms with E-state index in [4.69, 9.17) is 33.7 Å². The molecule has 1 aromatic carbocycles. The Kier molecular flexibility index (Phi) is 3.93. The topological polar surface area (TPSA) is 81.0 Å². The molecule has 1 aromatic heterocycles. The normalized spacial score (nSPS) is 16.9. The first-order valence-electron chi connectivity index (χ1n) is 6.65. The van der Waals surface area contributed by atoms with Crippen LogP contribution in [0.3, 0.4) is 0 Å². The van der Waals surface area contributed by atoms with Gasteiger partial charge in [0, 0.05) is 36.1 Å². The van der Waals surface area contributed by atoms with E-state index in [1.807, 2.05) is 0 Å². The second-order valence-corrected chi connectivity index (χ2v) is 6.18. The SMILES string of the molecule is Nc1cc(Cl)c(Oc2n[nH]c(=O)cc2C2CC(F)(F)C2)c(Cl)c1. The fourth-order valence-corrected chi connectivity index (χ4v) is 3.02. The monoisotopic (exact) mass is 361 g/mol. The highest BCUT2D eigenvalue weighted by molar-refractivity contribution is 6.37. The number of hydrogen-bond donors (Lipinski definition) is 2. The van der Waals surface area contributed by atoms with Gasteiger partial charge >= 0.3 is 0 Å². The summed E-state index contributed by atoms with van der Waals surface area (Å²) < 4.78 is 31.8. The third kappa shape index (κ3) is 3.25. The Balaban J connectivity index is 1.97. The first-order valence-corrected chi connectivity index (χ1v) is 7.40. The van der Waals surface area contributed by atoms with Crippen LogP contribution in [0.2, 0.25) is 10.0 Å². The summed E-state index contributed by atoms with van der Waals surface area (Å²) in [4.78, 5) is 11.4. The minimum atomic E-state index is -2.74. The molecule has 0 bridgehead atoms. The van der Waals surface area contributed by atoms with Crippen molar-refractivity contribution in [2.45, 2.75) is 24.7 Å². The zero-order chi connectivity index (χ0) is 16.8. The molecule has 1 heterocycles. The number of hydrogen-bond acceptors (Lipinski definition) is 4. The fourth-order valence-electron chi connectivity index (χ4n) is 2.43. The molecular formula is C14H11Cl2F2N3O2. The number of nitrogens with zero attached hydrogens (tertiary/aromatic N) is 1. The van der Waals surface area contributed by atoms with Crippen molar-refractivity contribution in [3.63, 3.8) is 0 Å². The highest BCUT2D eigenvalue weighted by Crippen LogP contribution is 2.50. The van der Waals surface area contributed by atoms with Crippen LogP contribution in [0.5, 0.6) is 11.6 Å². The minimum absolute atomic E-state index is 0.0151. The number of benzene rings is 1. The lowest BCUT2D eigenvalue weighted by atomic mass is 9.77. The maximum atomic E-state index is 13.1. The zero-order valence-electron chi connectivity index (χ0n) is 11.6. The van der Waals surface area contributed by atoms with Gasteiger partial charge in [-0.2, -0.15) is 0 Å². The van der Waals surface area contributed by atoms with E-state index >= 15 is 0 Å². The van der Waals surface area contributed by atoms with Crippen LogP contribution in [-0.4, -0.2) is 16.1 Å². The molecule has 1 aliphatic carbocycles. The molecule has 5 nitrogen and oxygen atoms in total. The quantitative estimate of drug-likeness (QED) is 0.810. The summed E-state index contributed by atoms with van der Waals surface area (Å²) in [6.45, 7) is 0. The summed E-state index contributed by atoms with van der Waals surface area (Å²) in [6, 6.07) is 4.07. The molecule has 1 aliphatic rings. The number of nitrogens with two attached hydrogens (primary N) is 1. The fraction of sp³-hybridized carbons (Fsp3) is 0.286. The first kappa shape index (κ1) is 16.0. The van der Waals surface area contributed by atoms with Crippen LogP contribution in [0.1, 0.15) is 24.3 Å². The number of H-pyrrole nitrogens is 1. The van der Waals surface area contributed by atoms with Gasteiger partial charge in [0.15, 0.2) is 5.75 Å². The molecule has 0 amide bonds. The minimum Gasteiger partial charge on any atom is -0.434 e. The molecule has 0 aliphatic heterocycles. The Labute approximate surface area is 139 Å². The first-order chi connectivity index (χ1) is 10.7. The summed E-state index contributed by atoms with van der Waals surface area (Å²) in [5, 5.41) is 6.27. The number of anilines is 1. The van der Waals surface area contributed by atoms with Gasteiger partial charge < -0.3 is 10.5 Å². The lowest BCUT2D eigenvalue weighted by Gasteiger charge is -2.35. The van der Waals surface area contributed by atoms with E-state index in [9.17, 15) is 13.6 Å². The van der Waals surface area contributed by atoms with Crippen LogP contribution in [0.4, 0.5) is 14.5 Å². The Bertz CT molecular complexity index is 795. The number of nitrogen functional groups attached to an aromatic ring is 1. The van der Waals surface area contributed by atoms with E-state index in [0.29, 0.717) is 11.3 Å². The van der Waals surface area contributed by atoms with Crippen LogP contribution in [-0.2, 0) is 0 Å². The molecule has 0 spiro atoms. The van der Waals surface area contributed by atoms with Crippen LogP contribution < -0.4 is 16.0 Å². The van der Waals surface area contributed by atoms with E-state index in [2.05, 4.69) is 10.2 Å². The van der Waals surface area contributed by atoms with Gasteiger partial charge in [-0.05, 0) is 12.1 Å². The number of ether oxygens (including phenoxy) is 1. The molecule has 3 rings (SSSR count). The van der Waals surface area contributed by atoms with Crippen molar-refractivity contribution >= 4 is 28.9 Å². The molecular weight excluding hydrogens is 351 g/mol. The Morgan fingerprint density at radius 1 is 1.26 bits per heavy atom. The van der Waals surface area contributed by atoms with E-state index in [1.54, 1.807) is 0 Å². The number of aromatic amines is 1. The third-order valence-corrected chi connectivity index (χ3v) is 4.11. The second kappa shape index (κ2) is 5.65. The molecule has 0 saturated heterocycles. The summed E-state index contributed by atoms with van der Waals surface area (Å²) in [5.74, 6) is -3.17. The van der Waals surface area contributed by atoms with Crippen molar-refractivity contribution in [3.8, 4) is 11.6 Å². The summed E-state index contributed by atoms with van der Waals surface area (Å²) in [7, 11) is 0. The van der Waals surface area contributed by atoms with Crippen LogP contribution in [0, 0.1) is 0 Å². The predicted octanol–water partition coefficient (Wildman–Crippen LogP) is 3.96. The molecule has 2 aromatic rings. The number of aromatic nitrogens is 2. The van der Waals surface area contributed by atoms with E-state index in [0.717, 1.165) is 0 Å². The molecule has 9 heteroatoms. The molecule has 23 heavy (non-hydrogen) atoms.